The zero-order valence-electron chi connectivity index (χ0n) is 19.2. The minimum atomic E-state index is -0.854. The third-order valence-corrected chi connectivity index (χ3v) is 6.79. The van der Waals surface area contributed by atoms with E-state index in [1.165, 1.54) is 0 Å². The zero-order valence-corrected chi connectivity index (χ0v) is 19.2. The van der Waals surface area contributed by atoms with Gasteiger partial charge in [0.2, 0.25) is 5.91 Å². The van der Waals surface area contributed by atoms with E-state index >= 15 is 0 Å². The molecule has 0 spiro atoms. The van der Waals surface area contributed by atoms with E-state index in [0.717, 1.165) is 24.1 Å². The van der Waals surface area contributed by atoms with Crippen molar-refractivity contribution in [2.24, 2.45) is 11.1 Å². The largest absolute Gasteiger partial charge is 0.465 e. The van der Waals surface area contributed by atoms with Crippen LogP contribution in [0.15, 0.2) is 42.6 Å². The smallest absolute Gasteiger partial charge is 0.407 e. The first-order valence-electron chi connectivity index (χ1n) is 11.1. The van der Waals surface area contributed by atoms with Gasteiger partial charge in [-0.05, 0) is 48.9 Å². The van der Waals surface area contributed by atoms with Gasteiger partial charge in [0, 0.05) is 24.2 Å². The molecule has 2 amide bonds. The van der Waals surface area contributed by atoms with Crippen molar-refractivity contribution in [1.82, 2.24) is 19.5 Å². The van der Waals surface area contributed by atoms with Crippen LogP contribution in [0.25, 0.3) is 16.9 Å². The normalized spacial score (nSPS) is 18.6. The second-order valence-electron chi connectivity index (χ2n) is 9.57. The highest BCUT2D eigenvalue weighted by Crippen LogP contribution is 2.46. The predicted molar refractivity (Wildman–Crippen MR) is 126 cm³/mol. The molecule has 3 heterocycles. The van der Waals surface area contributed by atoms with Crippen molar-refractivity contribution in [3.8, 4) is 11.3 Å². The van der Waals surface area contributed by atoms with Crippen LogP contribution >= 0.6 is 0 Å². The highest BCUT2D eigenvalue weighted by molar-refractivity contribution is 5.93. The average Bonchev–Trinajstić information content (AvgIpc) is 3.38. The number of anilines is 1. The summed E-state index contributed by atoms with van der Waals surface area (Å²) in [7, 11) is 0. The lowest BCUT2D eigenvalue weighted by Crippen LogP contribution is -2.56. The van der Waals surface area contributed by atoms with E-state index in [2.05, 4.69) is 31.1 Å². The number of likely N-dealkylation sites (tertiary alicyclic amines) is 1. The summed E-state index contributed by atoms with van der Waals surface area (Å²) in [5.74, 6) is 0.209. The minimum absolute atomic E-state index is 0.185. The lowest BCUT2D eigenvalue weighted by atomic mass is 9.70. The Morgan fingerprint density at radius 1 is 1.18 bits per heavy atom. The molecule has 174 valence electrons. The molecule has 2 aromatic heterocycles. The molecule has 1 aliphatic heterocycles. The van der Waals surface area contributed by atoms with Crippen LogP contribution in [0.4, 0.5) is 10.6 Å². The molecule has 33 heavy (non-hydrogen) atoms. The molecule has 4 rings (SSSR count). The molecule has 1 fully saturated rings. The molecule has 3 aromatic rings. The van der Waals surface area contributed by atoms with Gasteiger partial charge in [-0.2, -0.15) is 0 Å². The summed E-state index contributed by atoms with van der Waals surface area (Å²) in [5.41, 5.74) is 7.54. The fraction of sp³-hybridized carbons (Fsp3) is 0.417. The Kier molecular flexibility index (Phi) is 5.73. The number of carboxylic acid groups (broad SMARTS) is 1. The molecule has 1 saturated heterocycles. The number of nitrogens with two attached hydrogens (primary N) is 1. The molecule has 0 radical (unpaired) electrons. The molecular weight excluding hydrogens is 420 g/mol. The number of hydrogen-bond acceptors (Lipinski definition) is 5. The minimum Gasteiger partial charge on any atom is -0.465 e. The molecule has 0 saturated carbocycles. The number of hydrogen-bond donors (Lipinski definition) is 3. The predicted octanol–water partition coefficient (Wildman–Crippen LogP) is 3.86. The lowest BCUT2D eigenvalue weighted by Gasteiger charge is -2.47. The number of nitrogens with zero attached hydrogens (tertiary/aromatic N) is 4. The first-order chi connectivity index (χ1) is 15.6. The summed E-state index contributed by atoms with van der Waals surface area (Å²) in [5, 5.41) is 17.8. The third-order valence-electron chi connectivity index (χ3n) is 6.79. The number of rotatable bonds is 6. The van der Waals surface area contributed by atoms with Gasteiger partial charge in [0.05, 0.1) is 17.4 Å². The number of carbonyl (C=O) groups is 2. The second-order valence-corrected chi connectivity index (χ2v) is 9.57. The van der Waals surface area contributed by atoms with Gasteiger partial charge in [0.25, 0.3) is 0 Å². The van der Waals surface area contributed by atoms with Crippen molar-refractivity contribution >= 4 is 23.5 Å². The third kappa shape index (κ3) is 4.10. The van der Waals surface area contributed by atoms with Gasteiger partial charge in [-0.1, -0.05) is 32.9 Å². The van der Waals surface area contributed by atoms with Crippen LogP contribution in [0, 0.1) is 5.41 Å². The molecular formula is C24H30N6O3. The van der Waals surface area contributed by atoms with Crippen LogP contribution in [-0.2, 0) is 0 Å². The van der Waals surface area contributed by atoms with E-state index in [1.807, 2.05) is 24.3 Å². The SMILES string of the molecule is CC(C)(C)C1(CCNc2ccc3ncc(-c4ccc(C(N)=O)cc4)n3n2)CCCN1C(=O)O. The maximum absolute atomic E-state index is 11.9. The fourth-order valence-corrected chi connectivity index (χ4v) is 4.94. The Balaban J connectivity index is 1.54. The zero-order chi connectivity index (χ0) is 23.8. The summed E-state index contributed by atoms with van der Waals surface area (Å²) in [6.07, 6.45) is 3.30. The van der Waals surface area contributed by atoms with E-state index in [0.29, 0.717) is 36.5 Å². The highest BCUT2D eigenvalue weighted by Gasteiger charge is 2.51. The first-order valence-corrected chi connectivity index (χ1v) is 11.1. The maximum Gasteiger partial charge on any atom is 0.407 e. The summed E-state index contributed by atoms with van der Waals surface area (Å²) in [6, 6.07) is 10.8. The van der Waals surface area contributed by atoms with Gasteiger partial charge < -0.3 is 21.1 Å². The van der Waals surface area contributed by atoms with Gasteiger partial charge in [-0.3, -0.25) is 4.79 Å². The molecule has 1 aliphatic rings. The quantitative estimate of drug-likeness (QED) is 0.524. The summed E-state index contributed by atoms with van der Waals surface area (Å²) in [6.45, 7) is 7.50. The van der Waals surface area contributed by atoms with Gasteiger partial charge >= 0.3 is 6.09 Å². The van der Waals surface area contributed by atoms with Crippen LogP contribution in [0.5, 0.6) is 0 Å². The average molecular weight is 451 g/mol. The van der Waals surface area contributed by atoms with Crippen molar-refractivity contribution in [2.45, 2.75) is 45.6 Å². The number of primary amides is 1. The van der Waals surface area contributed by atoms with E-state index in [1.54, 1.807) is 27.7 Å². The van der Waals surface area contributed by atoms with Crippen LogP contribution in [0.2, 0.25) is 0 Å². The number of imidazole rings is 1. The number of fused-ring (bicyclic) bond motifs is 1. The van der Waals surface area contributed by atoms with E-state index < -0.39 is 17.5 Å². The molecule has 0 aliphatic carbocycles. The van der Waals surface area contributed by atoms with Crippen molar-refractivity contribution in [2.75, 3.05) is 18.4 Å². The molecule has 9 heteroatoms. The maximum atomic E-state index is 11.9. The Hall–Kier alpha value is -3.62. The van der Waals surface area contributed by atoms with Crippen LogP contribution in [0.1, 0.15) is 50.4 Å². The van der Waals surface area contributed by atoms with Crippen LogP contribution in [-0.4, -0.2) is 55.2 Å². The standard InChI is InChI=1S/C24H30N6O3/c1-23(2,3)24(11-4-14-29(24)22(32)33)12-13-26-19-9-10-20-27-15-18(30(20)28-19)16-5-7-17(8-6-16)21(25)31/h5-10,15H,4,11-14H2,1-3H3,(H2,25,31)(H,26,28)(H,32,33). The first kappa shape index (κ1) is 22.6. The van der Waals surface area contributed by atoms with E-state index in [4.69, 9.17) is 10.8 Å². The molecule has 1 aromatic carbocycles. The van der Waals surface area contributed by atoms with Gasteiger partial charge in [-0.15, -0.1) is 5.10 Å². The van der Waals surface area contributed by atoms with Crippen LogP contribution < -0.4 is 11.1 Å². The molecule has 1 unspecified atom stereocenters. The number of amides is 2. The highest BCUT2D eigenvalue weighted by atomic mass is 16.4. The van der Waals surface area contributed by atoms with E-state index in [9.17, 15) is 14.7 Å². The van der Waals surface area contributed by atoms with Gasteiger partial charge in [0.1, 0.15) is 5.82 Å². The Morgan fingerprint density at radius 3 is 2.55 bits per heavy atom. The summed E-state index contributed by atoms with van der Waals surface area (Å²) >= 11 is 0. The number of benzene rings is 1. The topological polar surface area (TPSA) is 126 Å². The molecule has 9 nitrogen and oxygen atoms in total. The van der Waals surface area contributed by atoms with Crippen molar-refractivity contribution in [1.29, 1.82) is 0 Å². The molecule has 4 N–H and O–H groups in total. The molecule has 1 atom stereocenters. The van der Waals surface area contributed by atoms with Crippen molar-refractivity contribution < 1.29 is 14.7 Å². The summed E-state index contributed by atoms with van der Waals surface area (Å²) in [4.78, 5) is 29.3. The van der Waals surface area contributed by atoms with Gasteiger partial charge in [-0.25, -0.2) is 14.3 Å². The monoisotopic (exact) mass is 450 g/mol. The lowest BCUT2D eigenvalue weighted by molar-refractivity contribution is 0.0267. The second kappa shape index (κ2) is 8.38. The van der Waals surface area contributed by atoms with Crippen molar-refractivity contribution in [3.63, 3.8) is 0 Å². The number of nitrogens with one attached hydrogen (secondary N) is 1. The number of carbonyl (C=O) groups excluding carboxylic acids is 1. The molecule has 0 bridgehead atoms. The number of aromatic nitrogens is 3. The Labute approximate surface area is 192 Å². The Bertz CT molecular complexity index is 1180. The van der Waals surface area contributed by atoms with Gasteiger partial charge in [0.15, 0.2) is 5.65 Å². The van der Waals surface area contributed by atoms with E-state index in [-0.39, 0.29) is 5.41 Å². The van der Waals surface area contributed by atoms with Crippen molar-refractivity contribution in [3.05, 3.63) is 48.2 Å². The fourth-order valence-electron chi connectivity index (χ4n) is 4.94. The van der Waals surface area contributed by atoms with Crippen LogP contribution in [0.3, 0.4) is 0 Å². The summed E-state index contributed by atoms with van der Waals surface area (Å²) < 4.78 is 1.75. The Morgan fingerprint density at radius 2 is 1.91 bits per heavy atom.